The fourth-order valence-corrected chi connectivity index (χ4v) is 2.42. The van der Waals surface area contributed by atoms with Gasteiger partial charge in [0.2, 0.25) is 0 Å². The Morgan fingerprint density at radius 1 is 1.00 bits per heavy atom. The minimum absolute atomic E-state index is 0.0990. The highest BCUT2D eigenvalue weighted by atomic mass is 32.2. The van der Waals surface area contributed by atoms with Crippen LogP contribution in [0.25, 0.3) is 0 Å². The van der Waals surface area contributed by atoms with Crippen LogP contribution in [0.5, 0.6) is 11.5 Å². The predicted molar refractivity (Wildman–Crippen MR) is 88.3 cm³/mol. The van der Waals surface area contributed by atoms with Crippen LogP contribution in [0.1, 0.15) is 11.1 Å². The lowest BCUT2D eigenvalue weighted by Crippen LogP contribution is -2.07. The fourth-order valence-electron chi connectivity index (χ4n) is 2.04. The zero-order valence-electron chi connectivity index (χ0n) is 13.2. The van der Waals surface area contributed by atoms with Gasteiger partial charge in [0.1, 0.15) is 18.1 Å². The van der Waals surface area contributed by atoms with E-state index in [0.717, 1.165) is 28.9 Å². The molecular weight excluding hydrogens is 316 g/mol. The quantitative estimate of drug-likeness (QED) is 0.694. The van der Waals surface area contributed by atoms with Crippen LogP contribution < -0.4 is 9.47 Å². The minimum Gasteiger partial charge on any atom is -0.497 e. The average Bonchev–Trinajstić information content (AvgIpc) is 2.53. The van der Waals surface area contributed by atoms with E-state index in [1.165, 1.54) is 0 Å². The Bertz CT molecular complexity index is 723. The first kappa shape index (κ1) is 17.3. The molecule has 0 bridgehead atoms. The van der Waals surface area contributed by atoms with Crippen LogP contribution in [0.4, 0.5) is 0 Å². The molecule has 5 nitrogen and oxygen atoms in total. The molecule has 0 saturated heterocycles. The molecular formula is C17H20O5S. The summed E-state index contributed by atoms with van der Waals surface area (Å²) in [5.41, 5.74) is 1.93. The molecule has 124 valence electrons. The molecule has 2 rings (SSSR count). The largest absolute Gasteiger partial charge is 0.497 e. The van der Waals surface area contributed by atoms with E-state index >= 15 is 0 Å². The van der Waals surface area contributed by atoms with Crippen LogP contribution in [0.15, 0.2) is 48.5 Å². The molecule has 0 saturated carbocycles. The summed E-state index contributed by atoms with van der Waals surface area (Å²) in [6.45, 7) is 0.523. The summed E-state index contributed by atoms with van der Waals surface area (Å²) in [7, 11) is -1.80. The van der Waals surface area contributed by atoms with Crippen molar-refractivity contribution in [3.05, 3.63) is 59.7 Å². The number of hydrogen-bond donors (Lipinski definition) is 0. The molecule has 2 aromatic carbocycles. The number of benzene rings is 2. The van der Waals surface area contributed by atoms with Crippen LogP contribution in [-0.4, -0.2) is 28.4 Å². The van der Waals surface area contributed by atoms with Gasteiger partial charge in [-0.1, -0.05) is 30.3 Å². The highest BCUT2D eigenvalue weighted by Gasteiger charge is 2.06. The van der Waals surface area contributed by atoms with Gasteiger partial charge in [0, 0.05) is 6.42 Å². The lowest BCUT2D eigenvalue weighted by Gasteiger charge is -2.11. The van der Waals surface area contributed by atoms with Gasteiger partial charge in [-0.3, -0.25) is 4.18 Å². The zero-order valence-corrected chi connectivity index (χ0v) is 14.0. The Hall–Kier alpha value is -2.05. The van der Waals surface area contributed by atoms with Crippen LogP contribution in [0, 0.1) is 0 Å². The first-order valence-electron chi connectivity index (χ1n) is 7.16. The molecule has 0 unspecified atom stereocenters. The van der Waals surface area contributed by atoms with Gasteiger partial charge < -0.3 is 9.47 Å². The van der Waals surface area contributed by atoms with Crippen LogP contribution in [0.2, 0.25) is 0 Å². The molecule has 0 amide bonds. The molecule has 0 atom stereocenters. The maximum atomic E-state index is 11.0. The van der Waals surface area contributed by atoms with E-state index in [1.807, 2.05) is 48.5 Å². The van der Waals surface area contributed by atoms with Crippen molar-refractivity contribution in [2.75, 3.05) is 20.0 Å². The van der Waals surface area contributed by atoms with E-state index in [0.29, 0.717) is 13.0 Å². The third-order valence-corrected chi connectivity index (χ3v) is 3.79. The van der Waals surface area contributed by atoms with Crippen LogP contribution >= 0.6 is 0 Å². The first-order valence-corrected chi connectivity index (χ1v) is 8.97. The summed E-state index contributed by atoms with van der Waals surface area (Å²) in [5, 5.41) is 0. The van der Waals surface area contributed by atoms with Crippen molar-refractivity contribution < 1.29 is 22.1 Å². The van der Waals surface area contributed by atoms with Crippen molar-refractivity contribution in [3.63, 3.8) is 0 Å². The van der Waals surface area contributed by atoms with Crippen molar-refractivity contribution in [3.8, 4) is 11.5 Å². The fraction of sp³-hybridized carbons (Fsp3) is 0.294. The Kier molecular flexibility index (Phi) is 6.01. The van der Waals surface area contributed by atoms with E-state index in [4.69, 9.17) is 13.7 Å². The van der Waals surface area contributed by atoms with Gasteiger partial charge in [-0.15, -0.1) is 0 Å². The number of para-hydroxylation sites is 1. The highest BCUT2D eigenvalue weighted by molar-refractivity contribution is 7.85. The standard InChI is InChI=1S/C17H20O5S/c1-20-16-9-7-14(8-10-16)13-21-17-6-4-3-5-15(17)11-12-22-23(2,18)19/h3-10H,11-13H2,1-2H3. The maximum absolute atomic E-state index is 11.0. The number of ether oxygens (including phenoxy) is 2. The molecule has 0 aliphatic heterocycles. The Labute approximate surface area is 136 Å². The Morgan fingerprint density at radius 2 is 1.70 bits per heavy atom. The van der Waals surface area contributed by atoms with Crippen molar-refractivity contribution >= 4 is 10.1 Å². The van der Waals surface area contributed by atoms with E-state index in [2.05, 4.69) is 0 Å². The average molecular weight is 336 g/mol. The Morgan fingerprint density at radius 3 is 2.35 bits per heavy atom. The summed E-state index contributed by atoms with van der Waals surface area (Å²) in [6.07, 6.45) is 1.50. The SMILES string of the molecule is COc1ccc(COc2ccccc2CCOS(C)(=O)=O)cc1. The number of methoxy groups -OCH3 is 1. The second-order valence-electron chi connectivity index (χ2n) is 5.02. The van der Waals surface area contributed by atoms with Crippen molar-refractivity contribution in [1.29, 1.82) is 0 Å². The summed E-state index contributed by atoms with van der Waals surface area (Å²) in [4.78, 5) is 0. The Balaban J connectivity index is 1.96. The first-order chi connectivity index (χ1) is 11.0. The summed E-state index contributed by atoms with van der Waals surface area (Å²) >= 11 is 0. The molecule has 0 aliphatic carbocycles. The number of rotatable bonds is 8. The normalized spacial score (nSPS) is 11.2. The predicted octanol–water partition coefficient (Wildman–Crippen LogP) is 2.79. The van der Waals surface area contributed by atoms with Gasteiger partial charge in [-0.2, -0.15) is 8.42 Å². The van der Waals surface area contributed by atoms with Crippen LogP contribution in [0.3, 0.4) is 0 Å². The van der Waals surface area contributed by atoms with Gasteiger partial charge in [0.05, 0.1) is 20.0 Å². The van der Waals surface area contributed by atoms with Gasteiger partial charge in [-0.05, 0) is 29.3 Å². The third-order valence-electron chi connectivity index (χ3n) is 3.19. The molecule has 0 radical (unpaired) electrons. The van der Waals surface area contributed by atoms with Gasteiger partial charge >= 0.3 is 0 Å². The maximum Gasteiger partial charge on any atom is 0.264 e. The molecule has 0 aliphatic rings. The molecule has 0 aromatic heterocycles. The van der Waals surface area contributed by atoms with Crippen molar-refractivity contribution in [2.45, 2.75) is 13.0 Å². The lowest BCUT2D eigenvalue weighted by molar-refractivity contribution is 0.294. The molecule has 6 heteroatoms. The van der Waals surface area contributed by atoms with Gasteiger partial charge in [0.15, 0.2) is 0 Å². The van der Waals surface area contributed by atoms with E-state index < -0.39 is 10.1 Å². The molecule has 0 N–H and O–H groups in total. The second-order valence-corrected chi connectivity index (χ2v) is 6.66. The minimum atomic E-state index is -3.42. The third kappa shape index (κ3) is 5.92. The summed E-state index contributed by atoms with van der Waals surface area (Å²) < 4.78 is 37.7. The van der Waals surface area contributed by atoms with E-state index in [9.17, 15) is 8.42 Å². The van der Waals surface area contributed by atoms with E-state index in [-0.39, 0.29) is 6.61 Å². The van der Waals surface area contributed by atoms with Gasteiger partial charge in [-0.25, -0.2) is 0 Å². The molecule has 23 heavy (non-hydrogen) atoms. The van der Waals surface area contributed by atoms with Gasteiger partial charge in [0.25, 0.3) is 10.1 Å². The monoisotopic (exact) mass is 336 g/mol. The molecule has 2 aromatic rings. The van der Waals surface area contributed by atoms with Crippen molar-refractivity contribution in [2.24, 2.45) is 0 Å². The topological polar surface area (TPSA) is 61.8 Å². The molecule has 0 fully saturated rings. The smallest absolute Gasteiger partial charge is 0.264 e. The summed E-state index contributed by atoms with van der Waals surface area (Å²) in [6, 6.07) is 15.2. The second kappa shape index (κ2) is 7.99. The number of hydrogen-bond acceptors (Lipinski definition) is 5. The molecule has 0 heterocycles. The summed E-state index contributed by atoms with van der Waals surface area (Å²) in [5.74, 6) is 1.52. The lowest BCUT2D eigenvalue weighted by atomic mass is 10.1. The zero-order chi connectivity index (χ0) is 16.7. The van der Waals surface area contributed by atoms with Crippen molar-refractivity contribution in [1.82, 2.24) is 0 Å². The highest BCUT2D eigenvalue weighted by Crippen LogP contribution is 2.21. The molecule has 0 spiro atoms. The van der Waals surface area contributed by atoms with E-state index in [1.54, 1.807) is 7.11 Å². The van der Waals surface area contributed by atoms with Crippen LogP contribution in [-0.2, 0) is 27.3 Å².